The van der Waals surface area contributed by atoms with Crippen LogP contribution >= 0.6 is 0 Å². The molecule has 0 bridgehead atoms. The molecule has 1 heterocycles. The van der Waals surface area contributed by atoms with Gasteiger partial charge in [0.2, 0.25) is 0 Å². The van der Waals surface area contributed by atoms with Crippen molar-refractivity contribution in [1.82, 2.24) is 10.2 Å². The highest BCUT2D eigenvalue weighted by atomic mass is 16.5. The third-order valence-corrected chi connectivity index (χ3v) is 4.19. The summed E-state index contributed by atoms with van der Waals surface area (Å²) in [5, 5.41) is 10.1. The highest BCUT2D eigenvalue weighted by Crippen LogP contribution is 2.35. The number of hydrogen-bond acceptors (Lipinski definition) is 5. The lowest BCUT2D eigenvalue weighted by molar-refractivity contribution is 0.102. The number of carbonyl (C=O) groups is 1. The van der Waals surface area contributed by atoms with Gasteiger partial charge in [-0.1, -0.05) is 6.07 Å². The Morgan fingerprint density at radius 3 is 2.48 bits per heavy atom. The van der Waals surface area contributed by atoms with Crippen LogP contribution in [0.1, 0.15) is 16.1 Å². The van der Waals surface area contributed by atoms with E-state index >= 15 is 0 Å². The first-order valence-corrected chi connectivity index (χ1v) is 8.30. The SMILES string of the molecule is COc1cccc(C(=O)Nc2c(C)n[nH]c2-c2ccc(OC)c(OC)c2)c1. The minimum Gasteiger partial charge on any atom is -0.497 e. The Kier molecular flexibility index (Phi) is 5.30. The number of rotatable bonds is 6. The minimum absolute atomic E-state index is 0.250. The Bertz CT molecular complexity index is 966. The molecule has 0 spiro atoms. The van der Waals surface area contributed by atoms with Gasteiger partial charge in [-0.3, -0.25) is 9.89 Å². The number of nitrogens with zero attached hydrogens (tertiary/aromatic N) is 1. The van der Waals surface area contributed by atoms with E-state index in [2.05, 4.69) is 15.5 Å². The lowest BCUT2D eigenvalue weighted by Crippen LogP contribution is -2.13. The second-order valence-corrected chi connectivity index (χ2v) is 5.81. The largest absolute Gasteiger partial charge is 0.497 e. The molecule has 27 heavy (non-hydrogen) atoms. The molecule has 0 aliphatic carbocycles. The number of carbonyl (C=O) groups excluding carboxylic acids is 1. The van der Waals surface area contributed by atoms with Crippen molar-refractivity contribution >= 4 is 11.6 Å². The van der Waals surface area contributed by atoms with Gasteiger partial charge in [0, 0.05) is 11.1 Å². The quantitative estimate of drug-likeness (QED) is 0.694. The maximum Gasteiger partial charge on any atom is 0.255 e. The summed E-state index contributed by atoms with van der Waals surface area (Å²) >= 11 is 0. The molecule has 1 amide bonds. The van der Waals surface area contributed by atoms with Gasteiger partial charge in [-0.15, -0.1) is 0 Å². The number of benzene rings is 2. The predicted molar refractivity (Wildman–Crippen MR) is 103 cm³/mol. The van der Waals surface area contributed by atoms with Gasteiger partial charge in [0.15, 0.2) is 11.5 Å². The van der Waals surface area contributed by atoms with Crippen LogP contribution in [0.5, 0.6) is 17.2 Å². The van der Waals surface area contributed by atoms with Crippen LogP contribution in [0.15, 0.2) is 42.5 Å². The maximum atomic E-state index is 12.7. The molecule has 1 aromatic heterocycles. The molecule has 3 aromatic rings. The number of aryl methyl sites for hydroxylation is 1. The van der Waals surface area contributed by atoms with Gasteiger partial charge in [-0.2, -0.15) is 5.10 Å². The van der Waals surface area contributed by atoms with Crippen LogP contribution in [-0.2, 0) is 0 Å². The van der Waals surface area contributed by atoms with Gasteiger partial charge in [0.1, 0.15) is 5.75 Å². The van der Waals surface area contributed by atoms with E-state index in [0.717, 1.165) is 5.56 Å². The monoisotopic (exact) mass is 367 g/mol. The lowest BCUT2D eigenvalue weighted by Gasteiger charge is -2.11. The maximum absolute atomic E-state index is 12.7. The van der Waals surface area contributed by atoms with Crippen LogP contribution in [0, 0.1) is 6.92 Å². The van der Waals surface area contributed by atoms with Crippen molar-refractivity contribution in [2.24, 2.45) is 0 Å². The van der Waals surface area contributed by atoms with E-state index in [0.29, 0.717) is 39.9 Å². The lowest BCUT2D eigenvalue weighted by atomic mass is 10.1. The average molecular weight is 367 g/mol. The summed E-state index contributed by atoms with van der Waals surface area (Å²) in [5.41, 5.74) is 3.28. The first-order chi connectivity index (χ1) is 13.1. The molecule has 0 fully saturated rings. The second-order valence-electron chi connectivity index (χ2n) is 5.81. The number of aromatic nitrogens is 2. The number of anilines is 1. The fourth-order valence-electron chi connectivity index (χ4n) is 2.74. The van der Waals surface area contributed by atoms with Gasteiger partial charge < -0.3 is 19.5 Å². The van der Waals surface area contributed by atoms with E-state index in [4.69, 9.17) is 14.2 Å². The van der Waals surface area contributed by atoms with Crippen LogP contribution in [0.3, 0.4) is 0 Å². The van der Waals surface area contributed by atoms with Gasteiger partial charge in [-0.25, -0.2) is 0 Å². The Morgan fingerprint density at radius 2 is 1.78 bits per heavy atom. The molecule has 0 aliphatic rings. The van der Waals surface area contributed by atoms with Crippen LogP contribution < -0.4 is 19.5 Å². The summed E-state index contributed by atoms with van der Waals surface area (Å²) in [5.74, 6) is 1.58. The van der Waals surface area contributed by atoms with Crippen molar-refractivity contribution in [2.45, 2.75) is 6.92 Å². The Morgan fingerprint density at radius 1 is 1.00 bits per heavy atom. The van der Waals surface area contributed by atoms with Crippen molar-refractivity contribution in [3.8, 4) is 28.5 Å². The molecular formula is C20H21N3O4. The van der Waals surface area contributed by atoms with Gasteiger partial charge in [0.05, 0.1) is 38.4 Å². The normalized spacial score (nSPS) is 10.4. The molecule has 7 nitrogen and oxygen atoms in total. The number of H-pyrrole nitrogens is 1. The van der Waals surface area contributed by atoms with Crippen LogP contribution in [0.25, 0.3) is 11.3 Å². The van der Waals surface area contributed by atoms with Crippen molar-refractivity contribution < 1.29 is 19.0 Å². The summed E-state index contributed by atoms with van der Waals surface area (Å²) in [6.07, 6.45) is 0. The zero-order valence-corrected chi connectivity index (χ0v) is 15.6. The molecule has 7 heteroatoms. The first kappa shape index (κ1) is 18.3. The number of ether oxygens (including phenoxy) is 3. The number of nitrogens with one attached hydrogen (secondary N) is 2. The highest BCUT2D eigenvalue weighted by Gasteiger charge is 2.17. The van der Waals surface area contributed by atoms with E-state index in [9.17, 15) is 4.79 Å². The van der Waals surface area contributed by atoms with Crippen molar-refractivity contribution in [1.29, 1.82) is 0 Å². The summed E-state index contributed by atoms with van der Waals surface area (Å²) in [4.78, 5) is 12.7. The van der Waals surface area contributed by atoms with Crippen molar-refractivity contribution in [3.63, 3.8) is 0 Å². The molecule has 0 aliphatic heterocycles. The topological polar surface area (TPSA) is 85.5 Å². The molecule has 0 unspecified atom stereocenters. The summed E-state index contributed by atoms with van der Waals surface area (Å²) < 4.78 is 15.8. The molecule has 2 aromatic carbocycles. The third kappa shape index (κ3) is 3.72. The Hall–Kier alpha value is -3.48. The Balaban J connectivity index is 1.94. The van der Waals surface area contributed by atoms with Gasteiger partial charge in [0.25, 0.3) is 5.91 Å². The second kappa shape index (κ2) is 7.82. The summed E-state index contributed by atoms with van der Waals surface area (Å²) in [6.45, 7) is 1.82. The Labute approximate surface area is 157 Å². The fourth-order valence-corrected chi connectivity index (χ4v) is 2.74. The molecule has 0 radical (unpaired) electrons. The van der Waals surface area contributed by atoms with E-state index in [1.807, 2.05) is 19.1 Å². The number of hydrogen-bond donors (Lipinski definition) is 2. The highest BCUT2D eigenvalue weighted by molar-refractivity contribution is 6.06. The van der Waals surface area contributed by atoms with E-state index in [1.54, 1.807) is 51.7 Å². The number of amides is 1. The first-order valence-electron chi connectivity index (χ1n) is 8.30. The van der Waals surface area contributed by atoms with Gasteiger partial charge >= 0.3 is 0 Å². The zero-order valence-electron chi connectivity index (χ0n) is 15.6. The molecule has 140 valence electrons. The van der Waals surface area contributed by atoms with Crippen LogP contribution in [0.4, 0.5) is 5.69 Å². The average Bonchev–Trinajstić information content (AvgIpc) is 3.07. The van der Waals surface area contributed by atoms with Crippen molar-refractivity contribution in [2.75, 3.05) is 26.6 Å². The summed E-state index contributed by atoms with van der Waals surface area (Å²) in [6, 6.07) is 12.5. The molecule has 0 atom stereocenters. The number of methoxy groups -OCH3 is 3. The fraction of sp³-hybridized carbons (Fsp3) is 0.200. The zero-order chi connectivity index (χ0) is 19.4. The molecular weight excluding hydrogens is 346 g/mol. The van der Waals surface area contributed by atoms with Crippen LogP contribution in [-0.4, -0.2) is 37.4 Å². The molecule has 3 rings (SSSR count). The smallest absolute Gasteiger partial charge is 0.255 e. The summed E-state index contributed by atoms with van der Waals surface area (Å²) in [7, 11) is 4.72. The minimum atomic E-state index is -0.250. The standard InChI is InChI=1S/C20H21N3O4/c1-12-18(21-20(24)14-6-5-7-15(10-14)25-2)19(23-22-12)13-8-9-16(26-3)17(11-13)27-4/h5-11H,1-4H3,(H,21,24)(H,22,23). The third-order valence-electron chi connectivity index (χ3n) is 4.19. The van der Waals surface area contributed by atoms with Crippen molar-refractivity contribution in [3.05, 3.63) is 53.7 Å². The molecule has 2 N–H and O–H groups in total. The van der Waals surface area contributed by atoms with E-state index in [1.165, 1.54) is 0 Å². The van der Waals surface area contributed by atoms with Crippen LogP contribution in [0.2, 0.25) is 0 Å². The molecule has 0 saturated heterocycles. The number of aromatic amines is 1. The molecule has 0 saturated carbocycles. The van der Waals surface area contributed by atoms with E-state index in [-0.39, 0.29) is 5.91 Å². The predicted octanol–water partition coefficient (Wildman–Crippen LogP) is 3.66. The van der Waals surface area contributed by atoms with Gasteiger partial charge in [-0.05, 0) is 43.3 Å². The van der Waals surface area contributed by atoms with E-state index < -0.39 is 0 Å².